The summed E-state index contributed by atoms with van der Waals surface area (Å²) in [7, 11) is 1.84. The average Bonchev–Trinajstić information content (AvgIpc) is 2.15. The van der Waals surface area contributed by atoms with Crippen molar-refractivity contribution < 1.29 is 4.79 Å². The Labute approximate surface area is 77.4 Å². The number of rotatable bonds is 0. The van der Waals surface area contributed by atoms with E-state index in [4.69, 9.17) is 0 Å². The molecule has 0 N–H and O–H groups in total. The molecule has 1 amide bonds. The molecule has 13 heavy (non-hydrogen) atoms. The Balaban J connectivity index is 2.49. The fraction of sp³-hybridized carbons (Fsp3) is 0.400. The van der Waals surface area contributed by atoms with Crippen LogP contribution in [0.25, 0.3) is 0 Å². The Kier molecular flexibility index (Phi) is 1.79. The highest BCUT2D eigenvalue weighted by Gasteiger charge is 2.27. The Bertz CT molecular complexity index is 349. The van der Waals surface area contributed by atoms with Crippen molar-refractivity contribution in [2.75, 3.05) is 7.05 Å². The van der Waals surface area contributed by atoms with Crippen LogP contribution in [0.4, 0.5) is 0 Å². The Morgan fingerprint density at radius 2 is 2.38 bits per heavy atom. The highest BCUT2D eigenvalue weighted by molar-refractivity contribution is 5.84. The second-order valence-corrected chi connectivity index (χ2v) is 3.49. The van der Waals surface area contributed by atoms with Crippen LogP contribution >= 0.6 is 0 Å². The van der Waals surface area contributed by atoms with Gasteiger partial charge in [-0.15, -0.1) is 0 Å². The summed E-state index contributed by atoms with van der Waals surface area (Å²) < 4.78 is 0. The molecule has 1 atom stereocenters. The number of nitrogens with zero attached hydrogens (tertiary/aromatic N) is 2. The predicted octanol–water partition coefficient (Wildman–Crippen LogP) is 1.16. The smallest absolute Gasteiger partial charge is 0.229 e. The maximum Gasteiger partial charge on any atom is 0.229 e. The van der Waals surface area contributed by atoms with Gasteiger partial charge in [-0.25, -0.2) is 0 Å². The molecule has 0 bridgehead atoms. The Hall–Kier alpha value is -1.38. The van der Waals surface area contributed by atoms with E-state index in [0.717, 1.165) is 5.56 Å². The van der Waals surface area contributed by atoms with Gasteiger partial charge in [0.05, 0.1) is 5.92 Å². The van der Waals surface area contributed by atoms with Gasteiger partial charge in [0, 0.05) is 26.0 Å². The minimum absolute atomic E-state index is 0.0394. The number of likely N-dealkylation sites (N-methyl/N-ethyl adjacent to an activating group) is 1. The molecule has 2 heterocycles. The van der Waals surface area contributed by atoms with Crippen molar-refractivity contribution in [1.29, 1.82) is 0 Å². The molecule has 1 aliphatic rings. The summed E-state index contributed by atoms with van der Waals surface area (Å²) in [6, 6.07) is 1.98. The van der Waals surface area contributed by atoms with Gasteiger partial charge in [-0.2, -0.15) is 0 Å². The summed E-state index contributed by atoms with van der Waals surface area (Å²) in [5, 5.41) is 0. The Morgan fingerprint density at radius 1 is 1.62 bits per heavy atom. The topological polar surface area (TPSA) is 33.2 Å². The highest BCUT2D eigenvalue weighted by Crippen LogP contribution is 2.26. The van der Waals surface area contributed by atoms with Gasteiger partial charge < -0.3 is 4.90 Å². The molecule has 1 unspecified atom stereocenters. The van der Waals surface area contributed by atoms with Gasteiger partial charge >= 0.3 is 0 Å². The molecular weight excluding hydrogens is 164 g/mol. The first kappa shape index (κ1) is 8.23. The summed E-state index contributed by atoms with van der Waals surface area (Å²) >= 11 is 0. The van der Waals surface area contributed by atoms with Crippen molar-refractivity contribution >= 4 is 5.91 Å². The molecule has 0 radical (unpaired) electrons. The van der Waals surface area contributed by atoms with Crippen molar-refractivity contribution in [3.63, 3.8) is 0 Å². The minimum Gasteiger partial charge on any atom is -0.341 e. The van der Waals surface area contributed by atoms with E-state index >= 15 is 0 Å². The van der Waals surface area contributed by atoms with Crippen molar-refractivity contribution in [2.45, 2.75) is 19.4 Å². The lowest BCUT2D eigenvalue weighted by Gasteiger charge is -2.29. The Morgan fingerprint density at radius 3 is 3.15 bits per heavy atom. The molecule has 1 aliphatic heterocycles. The van der Waals surface area contributed by atoms with Crippen molar-refractivity contribution in [2.24, 2.45) is 0 Å². The predicted molar refractivity (Wildman–Crippen MR) is 49.1 cm³/mol. The third-order valence-corrected chi connectivity index (χ3v) is 2.57. The van der Waals surface area contributed by atoms with Crippen LogP contribution in [0.2, 0.25) is 0 Å². The molecule has 0 saturated heterocycles. The quantitative estimate of drug-likeness (QED) is 0.594. The van der Waals surface area contributed by atoms with E-state index in [0.29, 0.717) is 6.54 Å². The van der Waals surface area contributed by atoms with Crippen LogP contribution in [0, 0.1) is 0 Å². The van der Waals surface area contributed by atoms with Gasteiger partial charge in [-0.3, -0.25) is 9.78 Å². The van der Waals surface area contributed by atoms with E-state index < -0.39 is 0 Å². The number of pyridine rings is 1. The molecule has 2 rings (SSSR count). The fourth-order valence-corrected chi connectivity index (χ4v) is 1.77. The number of carbonyl (C=O) groups excluding carboxylic acids is 1. The minimum atomic E-state index is -0.0394. The lowest BCUT2D eigenvalue weighted by atomic mass is 9.93. The highest BCUT2D eigenvalue weighted by atomic mass is 16.2. The van der Waals surface area contributed by atoms with Crippen LogP contribution < -0.4 is 0 Å². The van der Waals surface area contributed by atoms with Gasteiger partial charge in [0.15, 0.2) is 0 Å². The first-order valence-electron chi connectivity index (χ1n) is 4.38. The van der Waals surface area contributed by atoms with E-state index in [1.807, 2.05) is 20.0 Å². The standard InChI is InChI=1S/C10H12N2O/c1-7-9-5-11-4-3-8(9)6-12(2)10(7)13/h3-5,7H,6H2,1-2H3. The summed E-state index contributed by atoms with van der Waals surface area (Å²) in [6.07, 6.45) is 3.57. The van der Waals surface area contributed by atoms with E-state index in [1.165, 1.54) is 5.56 Å². The lowest BCUT2D eigenvalue weighted by molar-refractivity contribution is -0.132. The molecule has 0 fully saturated rings. The van der Waals surface area contributed by atoms with Crippen LogP contribution in [0.15, 0.2) is 18.5 Å². The second-order valence-electron chi connectivity index (χ2n) is 3.49. The first-order valence-corrected chi connectivity index (χ1v) is 4.38. The molecule has 3 heteroatoms. The molecule has 68 valence electrons. The van der Waals surface area contributed by atoms with Gasteiger partial charge in [0.2, 0.25) is 5.91 Å². The second kappa shape index (κ2) is 2.83. The van der Waals surface area contributed by atoms with Gasteiger partial charge in [-0.1, -0.05) is 0 Å². The molecule has 0 aromatic carbocycles. The molecule has 3 nitrogen and oxygen atoms in total. The third-order valence-electron chi connectivity index (χ3n) is 2.57. The molecular formula is C10H12N2O. The zero-order valence-corrected chi connectivity index (χ0v) is 7.82. The van der Waals surface area contributed by atoms with Crippen molar-refractivity contribution in [3.05, 3.63) is 29.6 Å². The number of aromatic nitrogens is 1. The van der Waals surface area contributed by atoms with Crippen LogP contribution in [0.1, 0.15) is 24.0 Å². The monoisotopic (exact) mass is 176 g/mol. The van der Waals surface area contributed by atoms with Crippen LogP contribution in [0.3, 0.4) is 0 Å². The average molecular weight is 176 g/mol. The summed E-state index contributed by atoms with van der Waals surface area (Å²) in [5.41, 5.74) is 2.29. The molecule has 1 aromatic heterocycles. The number of hydrogen-bond acceptors (Lipinski definition) is 2. The van der Waals surface area contributed by atoms with E-state index in [9.17, 15) is 4.79 Å². The van der Waals surface area contributed by atoms with Gasteiger partial charge in [0.25, 0.3) is 0 Å². The summed E-state index contributed by atoms with van der Waals surface area (Å²) in [6.45, 7) is 2.64. The fourth-order valence-electron chi connectivity index (χ4n) is 1.77. The van der Waals surface area contributed by atoms with Crippen LogP contribution in [0.5, 0.6) is 0 Å². The van der Waals surface area contributed by atoms with Gasteiger partial charge in [-0.05, 0) is 24.1 Å². The third kappa shape index (κ3) is 1.20. The number of carbonyl (C=O) groups is 1. The zero-order valence-electron chi connectivity index (χ0n) is 7.82. The van der Waals surface area contributed by atoms with E-state index in [-0.39, 0.29) is 11.8 Å². The largest absolute Gasteiger partial charge is 0.341 e. The lowest BCUT2D eigenvalue weighted by Crippen LogP contribution is -2.35. The number of fused-ring (bicyclic) bond motifs is 1. The van der Waals surface area contributed by atoms with Crippen LogP contribution in [-0.4, -0.2) is 22.8 Å². The summed E-state index contributed by atoms with van der Waals surface area (Å²) in [4.78, 5) is 17.4. The number of hydrogen-bond donors (Lipinski definition) is 0. The molecule has 0 saturated carbocycles. The van der Waals surface area contributed by atoms with E-state index in [2.05, 4.69) is 4.98 Å². The number of amides is 1. The maximum absolute atomic E-state index is 11.6. The molecule has 0 aliphatic carbocycles. The summed E-state index contributed by atoms with van der Waals surface area (Å²) in [5.74, 6) is 0.142. The van der Waals surface area contributed by atoms with Gasteiger partial charge in [0.1, 0.15) is 0 Å². The normalized spacial score (nSPS) is 21.5. The van der Waals surface area contributed by atoms with Crippen LogP contribution in [-0.2, 0) is 11.3 Å². The van der Waals surface area contributed by atoms with Crippen molar-refractivity contribution in [1.82, 2.24) is 9.88 Å². The van der Waals surface area contributed by atoms with Crippen molar-refractivity contribution in [3.8, 4) is 0 Å². The van der Waals surface area contributed by atoms with E-state index in [1.54, 1.807) is 17.3 Å². The zero-order chi connectivity index (χ0) is 9.42. The maximum atomic E-state index is 11.6. The molecule has 1 aromatic rings. The SMILES string of the molecule is CC1C(=O)N(C)Cc2ccncc21. The molecule has 0 spiro atoms. The first-order chi connectivity index (χ1) is 6.20.